The van der Waals surface area contributed by atoms with Gasteiger partial charge in [0.05, 0.1) is 0 Å². The number of likely N-dealkylation sites (tertiary alicyclic amines) is 1. The van der Waals surface area contributed by atoms with E-state index in [2.05, 4.69) is 11.4 Å². The second-order valence-electron chi connectivity index (χ2n) is 9.33. The molecule has 3 aliphatic rings. The van der Waals surface area contributed by atoms with Crippen molar-refractivity contribution >= 4 is 23.3 Å². The summed E-state index contributed by atoms with van der Waals surface area (Å²) in [6, 6.07) is 11.3. The van der Waals surface area contributed by atoms with Crippen LogP contribution >= 0.6 is 0 Å². The summed E-state index contributed by atoms with van der Waals surface area (Å²) in [7, 11) is 0. The molecule has 1 fully saturated rings. The van der Waals surface area contributed by atoms with Crippen molar-refractivity contribution in [1.82, 2.24) is 4.90 Å². The number of hydrogen-bond donors (Lipinski definition) is 1. The maximum absolute atomic E-state index is 12.7. The average molecular weight is 463 g/mol. The Balaban J connectivity index is 1.08. The Hall–Kier alpha value is -3.35. The van der Waals surface area contributed by atoms with Crippen molar-refractivity contribution in [2.24, 2.45) is 5.92 Å². The van der Waals surface area contributed by atoms with E-state index >= 15 is 0 Å². The first-order chi connectivity index (χ1) is 16.6. The van der Waals surface area contributed by atoms with Crippen molar-refractivity contribution < 1.29 is 23.9 Å². The van der Waals surface area contributed by atoms with Crippen LogP contribution in [0.1, 0.15) is 60.0 Å². The molecule has 1 saturated heterocycles. The zero-order valence-electron chi connectivity index (χ0n) is 19.3. The highest BCUT2D eigenvalue weighted by Crippen LogP contribution is 2.34. The molecule has 0 saturated carbocycles. The van der Waals surface area contributed by atoms with E-state index in [-0.39, 0.29) is 43.2 Å². The van der Waals surface area contributed by atoms with E-state index in [1.54, 1.807) is 23.1 Å². The highest BCUT2D eigenvalue weighted by Gasteiger charge is 2.28. The third-order valence-electron chi connectivity index (χ3n) is 7.09. The third-order valence-corrected chi connectivity index (χ3v) is 7.09. The third kappa shape index (κ3) is 4.93. The summed E-state index contributed by atoms with van der Waals surface area (Å²) >= 11 is 0. The molecule has 2 aromatic carbocycles. The van der Waals surface area contributed by atoms with Crippen molar-refractivity contribution in [3.63, 3.8) is 0 Å². The zero-order chi connectivity index (χ0) is 23.5. The zero-order valence-corrected chi connectivity index (χ0v) is 19.3. The fraction of sp³-hybridized carbons (Fsp3) is 0.444. The molecule has 1 N–H and O–H groups in total. The maximum atomic E-state index is 12.7. The molecule has 0 unspecified atom stereocenters. The van der Waals surface area contributed by atoms with Crippen LogP contribution in [0.15, 0.2) is 36.4 Å². The molecular formula is C27H30N2O5. The van der Waals surface area contributed by atoms with Gasteiger partial charge in [0, 0.05) is 49.2 Å². The van der Waals surface area contributed by atoms with Gasteiger partial charge in [-0.25, -0.2) is 0 Å². The van der Waals surface area contributed by atoms with Gasteiger partial charge in [0.1, 0.15) is 0 Å². The highest BCUT2D eigenvalue weighted by molar-refractivity contribution is 5.98. The Morgan fingerprint density at radius 2 is 1.65 bits per heavy atom. The van der Waals surface area contributed by atoms with E-state index in [4.69, 9.17) is 9.47 Å². The van der Waals surface area contributed by atoms with Crippen LogP contribution in [0, 0.1) is 5.92 Å². The van der Waals surface area contributed by atoms with E-state index in [9.17, 15) is 14.4 Å². The number of nitrogens with zero attached hydrogens (tertiary/aromatic N) is 1. The molecule has 0 spiro atoms. The molecule has 5 rings (SSSR count). The lowest BCUT2D eigenvalue weighted by Crippen LogP contribution is -2.41. The van der Waals surface area contributed by atoms with Crippen LogP contribution in [0.25, 0.3) is 0 Å². The van der Waals surface area contributed by atoms with Crippen LogP contribution < -0.4 is 14.8 Å². The number of nitrogens with one attached hydrogen (secondary N) is 1. The number of fused-ring (bicyclic) bond motifs is 2. The Kier molecular flexibility index (Phi) is 6.52. The van der Waals surface area contributed by atoms with E-state index < -0.39 is 0 Å². The number of carbonyl (C=O) groups is 3. The van der Waals surface area contributed by atoms with Crippen molar-refractivity contribution in [3.05, 3.63) is 53.1 Å². The molecule has 178 valence electrons. The first-order valence-electron chi connectivity index (χ1n) is 12.2. The van der Waals surface area contributed by atoms with Gasteiger partial charge in [-0.1, -0.05) is 12.1 Å². The van der Waals surface area contributed by atoms with Gasteiger partial charge in [-0.3, -0.25) is 14.4 Å². The fourth-order valence-electron chi connectivity index (χ4n) is 5.04. The number of ketones is 1. The van der Waals surface area contributed by atoms with Gasteiger partial charge in [-0.15, -0.1) is 0 Å². The molecule has 0 atom stereocenters. The van der Waals surface area contributed by atoms with Crippen LogP contribution in [0.3, 0.4) is 0 Å². The Labute approximate surface area is 199 Å². The topological polar surface area (TPSA) is 84.9 Å². The lowest BCUT2D eigenvalue weighted by molar-refractivity contribution is -0.134. The van der Waals surface area contributed by atoms with Gasteiger partial charge >= 0.3 is 0 Å². The van der Waals surface area contributed by atoms with E-state index in [0.717, 1.165) is 12.8 Å². The van der Waals surface area contributed by atoms with Crippen molar-refractivity contribution in [3.8, 4) is 11.5 Å². The van der Waals surface area contributed by atoms with Crippen molar-refractivity contribution in [2.75, 3.05) is 25.2 Å². The normalized spacial score (nSPS) is 17.2. The highest BCUT2D eigenvalue weighted by atomic mass is 16.7. The summed E-state index contributed by atoms with van der Waals surface area (Å²) in [4.78, 5) is 39.8. The standard InChI is InChI=1S/C27H30N2O5/c30-23(21-6-5-18-3-1-2-4-20(18)15-21)8-10-26(31)29-13-11-19(12-14-29)27(32)28-22-7-9-24-25(16-22)34-17-33-24/h5-7,9,15-16,19H,1-4,8,10-14,17H2,(H,28,32). The lowest BCUT2D eigenvalue weighted by Gasteiger charge is -2.31. The number of ether oxygens (including phenoxy) is 2. The number of rotatable bonds is 6. The minimum Gasteiger partial charge on any atom is -0.454 e. The van der Waals surface area contributed by atoms with Crippen LogP contribution in [-0.2, 0) is 22.4 Å². The second-order valence-corrected chi connectivity index (χ2v) is 9.33. The SMILES string of the molecule is O=C(CCC(=O)N1CCC(C(=O)Nc2ccc3c(c2)OCO3)CC1)c1ccc2c(c1)CCCC2. The Morgan fingerprint density at radius 3 is 2.47 bits per heavy atom. The number of benzene rings is 2. The molecule has 7 nitrogen and oxygen atoms in total. The molecular weight excluding hydrogens is 432 g/mol. The van der Waals surface area contributed by atoms with Crippen molar-refractivity contribution in [1.29, 1.82) is 0 Å². The fourth-order valence-corrected chi connectivity index (χ4v) is 5.04. The van der Waals surface area contributed by atoms with E-state index in [1.807, 2.05) is 12.1 Å². The monoisotopic (exact) mass is 462 g/mol. The van der Waals surface area contributed by atoms with Gasteiger partial charge in [0.2, 0.25) is 18.6 Å². The van der Waals surface area contributed by atoms with Crippen LogP contribution in [0.5, 0.6) is 11.5 Å². The van der Waals surface area contributed by atoms with E-state index in [0.29, 0.717) is 48.7 Å². The number of amides is 2. The number of anilines is 1. The minimum absolute atomic E-state index is 0.0130. The summed E-state index contributed by atoms with van der Waals surface area (Å²) < 4.78 is 10.7. The quantitative estimate of drug-likeness (QED) is 0.653. The molecule has 2 amide bonds. The number of piperidine rings is 1. The summed E-state index contributed by atoms with van der Waals surface area (Å²) in [5.41, 5.74) is 4.02. The second kappa shape index (κ2) is 9.87. The smallest absolute Gasteiger partial charge is 0.231 e. The van der Waals surface area contributed by atoms with Gasteiger partial charge in [0.15, 0.2) is 17.3 Å². The Bertz CT molecular complexity index is 1100. The maximum Gasteiger partial charge on any atom is 0.231 e. The van der Waals surface area contributed by atoms with Crippen LogP contribution in [0.4, 0.5) is 5.69 Å². The van der Waals surface area contributed by atoms with Gasteiger partial charge in [0.25, 0.3) is 0 Å². The average Bonchev–Trinajstić information content (AvgIpc) is 3.35. The minimum atomic E-state index is -0.147. The predicted molar refractivity (Wildman–Crippen MR) is 127 cm³/mol. The van der Waals surface area contributed by atoms with Crippen molar-refractivity contribution in [2.45, 2.75) is 51.4 Å². The molecule has 7 heteroatoms. The predicted octanol–water partition coefficient (Wildman–Crippen LogP) is 4.13. The first kappa shape index (κ1) is 22.4. The molecule has 2 heterocycles. The first-order valence-corrected chi connectivity index (χ1v) is 12.2. The summed E-state index contributed by atoms with van der Waals surface area (Å²) in [5, 5.41) is 2.94. The molecule has 2 aromatic rings. The van der Waals surface area contributed by atoms with Crippen LogP contribution in [-0.4, -0.2) is 42.4 Å². The molecule has 0 aromatic heterocycles. The molecule has 0 bridgehead atoms. The van der Waals surface area contributed by atoms with Crippen LogP contribution in [0.2, 0.25) is 0 Å². The largest absolute Gasteiger partial charge is 0.454 e. The summed E-state index contributed by atoms with van der Waals surface area (Å²) in [5.74, 6) is 1.12. The Morgan fingerprint density at radius 1 is 0.882 bits per heavy atom. The number of hydrogen-bond acceptors (Lipinski definition) is 5. The van der Waals surface area contributed by atoms with Gasteiger partial charge < -0.3 is 19.7 Å². The number of Topliss-reactive ketones (excluding diaryl/α,β-unsaturated/α-hetero) is 1. The molecule has 34 heavy (non-hydrogen) atoms. The number of aryl methyl sites for hydroxylation is 2. The lowest BCUT2D eigenvalue weighted by atomic mass is 9.89. The number of carbonyl (C=O) groups excluding carboxylic acids is 3. The van der Waals surface area contributed by atoms with Gasteiger partial charge in [-0.2, -0.15) is 0 Å². The molecule has 1 aliphatic carbocycles. The molecule has 0 radical (unpaired) electrons. The van der Waals surface area contributed by atoms with Gasteiger partial charge in [-0.05, 0) is 67.9 Å². The summed E-state index contributed by atoms with van der Waals surface area (Å²) in [6.45, 7) is 1.26. The van der Waals surface area contributed by atoms with E-state index in [1.165, 1.54) is 24.0 Å². The molecule has 2 aliphatic heterocycles. The summed E-state index contributed by atoms with van der Waals surface area (Å²) in [6.07, 6.45) is 6.17.